The molecule has 3 heteroatoms. The molecule has 2 N–H and O–H groups in total. The smallest absolute Gasteiger partial charge is 0.123 e. The maximum atomic E-state index is 6.15. The second kappa shape index (κ2) is 6.12. The molecular weight excluding hydrogens is 222 g/mol. The normalized spacial score (nSPS) is 12.9. The molecule has 0 fully saturated rings. The van der Waals surface area contributed by atoms with Crippen LogP contribution in [-0.4, -0.2) is 7.11 Å². The van der Waals surface area contributed by atoms with E-state index in [-0.39, 0.29) is 6.04 Å². The zero-order chi connectivity index (χ0) is 12.1. The molecule has 0 aromatic heterocycles. The molecule has 0 amide bonds. The van der Waals surface area contributed by atoms with Gasteiger partial charge in [0.25, 0.3) is 0 Å². The molecule has 1 unspecified atom stereocenters. The Hall–Kier alpha value is -0.730. The third kappa shape index (κ3) is 3.69. The van der Waals surface area contributed by atoms with Crippen molar-refractivity contribution in [3.8, 4) is 5.75 Å². The van der Waals surface area contributed by atoms with Gasteiger partial charge < -0.3 is 10.5 Å². The Morgan fingerprint density at radius 2 is 2.00 bits per heavy atom. The summed E-state index contributed by atoms with van der Waals surface area (Å²) in [7, 11) is 1.65. The van der Waals surface area contributed by atoms with Crippen molar-refractivity contribution in [3.05, 3.63) is 28.8 Å². The van der Waals surface area contributed by atoms with Gasteiger partial charge in [-0.3, -0.25) is 0 Å². The van der Waals surface area contributed by atoms with E-state index in [0.29, 0.717) is 10.9 Å². The van der Waals surface area contributed by atoms with Crippen LogP contribution in [0, 0.1) is 5.92 Å². The maximum Gasteiger partial charge on any atom is 0.123 e. The highest BCUT2D eigenvalue weighted by Gasteiger charge is 2.12. The van der Waals surface area contributed by atoms with Crippen molar-refractivity contribution in [2.24, 2.45) is 11.7 Å². The average Bonchev–Trinajstić information content (AvgIpc) is 2.25. The Morgan fingerprint density at radius 1 is 1.31 bits per heavy atom. The van der Waals surface area contributed by atoms with Crippen LogP contribution >= 0.6 is 11.6 Å². The van der Waals surface area contributed by atoms with Crippen molar-refractivity contribution in [2.45, 2.75) is 32.7 Å². The van der Waals surface area contributed by atoms with Gasteiger partial charge in [-0.25, -0.2) is 0 Å². The molecule has 0 aliphatic heterocycles. The van der Waals surface area contributed by atoms with Crippen LogP contribution < -0.4 is 10.5 Å². The quantitative estimate of drug-likeness (QED) is 0.852. The molecule has 0 bridgehead atoms. The summed E-state index contributed by atoms with van der Waals surface area (Å²) in [6.07, 6.45) is 2.06. The standard InChI is InChI=1S/C13H20ClNO/c1-9(2)4-6-12(15)11-8-10(14)5-7-13(11)16-3/h5,7-9,12H,4,6,15H2,1-3H3. The van der Waals surface area contributed by atoms with Crippen LogP contribution in [0.4, 0.5) is 0 Å². The molecule has 0 saturated carbocycles. The van der Waals surface area contributed by atoms with Crippen molar-refractivity contribution >= 4 is 11.6 Å². The summed E-state index contributed by atoms with van der Waals surface area (Å²) >= 11 is 5.97. The first-order valence-electron chi connectivity index (χ1n) is 5.63. The van der Waals surface area contributed by atoms with Gasteiger partial charge in [0.1, 0.15) is 5.75 Å². The molecule has 90 valence electrons. The lowest BCUT2D eigenvalue weighted by Gasteiger charge is -2.17. The first kappa shape index (κ1) is 13.3. The number of hydrogen-bond donors (Lipinski definition) is 1. The third-order valence-corrected chi connectivity index (χ3v) is 2.88. The molecule has 16 heavy (non-hydrogen) atoms. The van der Waals surface area contributed by atoms with E-state index in [0.717, 1.165) is 24.2 Å². The third-order valence-electron chi connectivity index (χ3n) is 2.65. The van der Waals surface area contributed by atoms with Crippen molar-refractivity contribution < 1.29 is 4.74 Å². The highest BCUT2D eigenvalue weighted by Crippen LogP contribution is 2.29. The lowest BCUT2D eigenvalue weighted by Crippen LogP contribution is -2.12. The summed E-state index contributed by atoms with van der Waals surface area (Å²) in [6.45, 7) is 4.39. The Balaban J connectivity index is 2.80. The van der Waals surface area contributed by atoms with Gasteiger partial charge in [0.05, 0.1) is 7.11 Å². The number of halogens is 1. The Kier molecular flexibility index (Phi) is 5.10. The highest BCUT2D eigenvalue weighted by atomic mass is 35.5. The Morgan fingerprint density at radius 3 is 2.56 bits per heavy atom. The predicted molar refractivity (Wildman–Crippen MR) is 69.0 cm³/mol. The van der Waals surface area contributed by atoms with E-state index in [4.69, 9.17) is 22.1 Å². The maximum absolute atomic E-state index is 6.15. The fourth-order valence-corrected chi connectivity index (χ4v) is 1.84. The summed E-state index contributed by atoms with van der Waals surface area (Å²) in [4.78, 5) is 0. The molecule has 1 atom stereocenters. The van der Waals surface area contributed by atoms with Crippen LogP contribution in [0.3, 0.4) is 0 Å². The zero-order valence-corrected chi connectivity index (χ0v) is 10.9. The van der Waals surface area contributed by atoms with E-state index in [1.807, 2.05) is 18.2 Å². The number of ether oxygens (including phenoxy) is 1. The van der Waals surface area contributed by atoms with Gasteiger partial charge in [0, 0.05) is 16.6 Å². The summed E-state index contributed by atoms with van der Waals surface area (Å²) in [5.74, 6) is 1.48. The molecule has 1 aromatic carbocycles. The van der Waals surface area contributed by atoms with Crippen molar-refractivity contribution in [2.75, 3.05) is 7.11 Å². The van der Waals surface area contributed by atoms with E-state index >= 15 is 0 Å². The van der Waals surface area contributed by atoms with Gasteiger partial charge in [-0.2, -0.15) is 0 Å². The second-order valence-electron chi connectivity index (χ2n) is 4.46. The van der Waals surface area contributed by atoms with Crippen LogP contribution in [0.2, 0.25) is 5.02 Å². The van der Waals surface area contributed by atoms with E-state index in [9.17, 15) is 0 Å². The van der Waals surface area contributed by atoms with E-state index in [2.05, 4.69) is 13.8 Å². The number of rotatable bonds is 5. The van der Waals surface area contributed by atoms with Crippen LogP contribution in [0.1, 0.15) is 38.3 Å². The Labute approximate surface area is 103 Å². The summed E-state index contributed by atoms with van der Waals surface area (Å²) < 4.78 is 5.29. The lowest BCUT2D eigenvalue weighted by molar-refractivity contribution is 0.401. The fraction of sp³-hybridized carbons (Fsp3) is 0.538. The summed E-state index contributed by atoms with van der Waals surface area (Å²) in [5, 5.41) is 0.704. The van der Waals surface area contributed by atoms with Crippen LogP contribution in [0.15, 0.2) is 18.2 Å². The molecule has 0 radical (unpaired) electrons. The van der Waals surface area contributed by atoms with Crippen molar-refractivity contribution in [3.63, 3.8) is 0 Å². The van der Waals surface area contributed by atoms with Gasteiger partial charge in [0.15, 0.2) is 0 Å². The largest absolute Gasteiger partial charge is 0.496 e. The number of methoxy groups -OCH3 is 1. The average molecular weight is 242 g/mol. The fourth-order valence-electron chi connectivity index (χ4n) is 1.66. The van der Waals surface area contributed by atoms with Crippen LogP contribution in [-0.2, 0) is 0 Å². The van der Waals surface area contributed by atoms with Crippen LogP contribution in [0.5, 0.6) is 5.75 Å². The summed E-state index contributed by atoms with van der Waals surface area (Å²) in [5.41, 5.74) is 7.15. The van der Waals surface area contributed by atoms with Crippen LogP contribution in [0.25, 0.3) is 0 Å². The Bertz CT molecular complexity index is 339. The van der Waals surface area contributed by atoms with E-state index in [1.165, 1.54) is 0 Å². The van der Waals surface area contributed by atoms with Crippen molar-refractivity contribution in [1.29, 1.82) is 0 Å². The first-order valence-corrected chi connectivity index (χ1v) is 6.01. The number of benzene rings is 1. The van der Waals surface area contributed by atoms with Gasteiger partial charge in [-0.15, -0.1) is 0 Å². The molecule has 0 spiro atoms. The first-order chi connectivity index (χ1) is 7.54. The van der Waals surface area contributed by atoms with Gasteiger partial charge in [-0.05, 0) is 37.0 Å². The minimum Gasteiger partial charge on any atom is -0.496 e. The SMILES string of the molecule is COc1ccc(Cl)cc1C(N)CCC(C)C. The van der Waals surface area contributed by atoms with Gasteiger partial charge in [-0.1, -0.05) is 25.4 Å². The number of hydrogen-bond acceptors (Lipinski definition) is 2. The molecule has 1 aromatic rings. The zero-order valence-electron chi connectivity index (χ0n) is 10.2. The molecule has 0 heterocycles. The molecule has 0 aliphatic carbocycles. The minimum absolute atomic E-state index is 0.00366. The van der Waals surface area contributed by atoms with Gasteiger partial charge >= 0.3 is 0 Å². The lowest BCUT2D eigenvalue weighted by atomic mass is 9.98. The summed E-state index contributed by atoms with van der Waals surface area (Å²) in [6, 6.07) is 5.58. The highest BCUT2D eigenvalue weighted by molar-refractivity contribution is 6.30. The predicted octanol–water partition coefficient (Wildman–Crippen LogP) is 3.78. The molecule has 2 nitrogen and oxygen atoms in total. The molecular formula is C13H20ClNO. The topological polar surface area (TPSA) is 35.2 Å². The van der Waals surface area contributed by atoms with Gasteiger partial charge in [0.2, 0.25) is 0 Å². The van der Waals surface area contributed by atoms with E-state index in [1.54, 1.807) is 7.11 Å². The second-order valence-corrected chi connectivity index (χ2v) is 4.90. The minimum atomic E-state index is -0.00366. The molecule has 1 rings (SSSR count). The van der Waals surface area contributed by atoms with Crippen molar-refractivity contribution in [1.82, 2.24) is 0 Å². The van der Waals surface area contributed by atoms with E-state index < -0.39 is 0 Å². The molecule has 0 aliphatic rings. The monoisotopic (exact) mass is 241 g/mol. The number of nitrogens with two attached hydrogens (primary N) is 1. The molecule has 0 saturated heterocycles.